The largest absolute Gasteiger partial charge is 0.279 e. The molecule has 0 aliphatic rings. The molecule has 10 heteroatoms. The van der Waals surface area contributed by atoms with Crippen molar-refractivity contribution in [1.29, 1.82) is 0 Å². The molecule has 0 aliphatic carbocycles. The van der Waals surface area contributed by atoms with E-state index in [-0.39, 0.29) is 20.6 Å². The first-order valence-corrected chi connectivity index (χ1v) is 10.2. The summed E-state index contributed by atoms with van der Waals surface area (Å²) in [5.41, 5.74) is 0.167. The van der Waals surface area contributed by atoms with Crippen LogP contribution in [-0.4, -0.2) is 16.8 Å². The molecule has 0 heterocycles. The van der Waals surface area contributed by atoms with E-state index in [0.29, 0.717) is 5.56 Å². The SMILES string of the molecule is NS(=O)(=O)c1ccccc1NS(=O)(=O)C=Cc1c(Cl)cccc1Cl. The second-order valence-electron chi connectivity index (χ2n) is 4.63. The second-order valence-corrected chi connectivity index (χ2v) is 8.54. The number of anilines is 1. The van der Waals surface area contributed by atoms with Crippen LogP contribution in [0.4, 0.5) is 5.69 Å². The third-order valence-corrected chi connectivity index (χ3v) is 5.49. The van der Waals surface area contributed by atoms with Crippen molar-refractivity contribution in [2.75, 3.05) is 4.72 Å². The quantitative estimate of drug-likeness (QED) is 0.795. The number of primary sulfonamides is 1. The average Bonchev–Trinajstić information content (AvgIpc) is 2.45. The lowest BCUT2D eigenvalue weighted by Crippen LogP contribution is -2.17. The zero-order chi connectivity index (χ0) is 18.0. The Balaban J connectivity index is 2.36. The van der Waals surface area contributed by atoms with Gasteiger partial charge in [0.25, 0.3) is 10.0 Å². The summed E-state index contributed by atoms with van der Waals surface area (Å²) in [7, 11) is -8.10. The fourth-order valence-electron chi connectivity index (χ4n) is 1.81. The molecule has 0 bridgehead atoms. The molecule has 3 N–H and O–H groups in total. The van der Waals surface area contributed by atoms with E-state index in [0.717, 1.165) is 5.41 Å². The van der Waals surface area contributed by atoms with E-state index in [1.807, 2.05) is 0 Å². The lowest BCUT2D eigenvalue weighted by Gasteiger charge is -2.09. The molecule has 0 radical (unpaired) electrons. The molecule has 0 atom stereocenters. The highest BCUT2D eigenvalue weighted by molar-refractivity contribution is 7.95. The molecule has 0 spiro atoms. The predicted octanol–water partition coefficient (Wildman–Crippen LogP) is 3.05. The molecule has 0 fully saturated rings. The molecule has 0 unspecified atom stereocenters. The molecule has 24 heavy (non-hydrogen) atoms. The number of nitrogens with one attached hydrogen (secondary N) is 1. The van der Waals surface area contributed by atoms with Crippen LogP contribution in [0.5, 0.6) is 0 Å². The van der Waals surface area contributed by atoms with Gasteiger partial charge in [0.2, 0.25) is 10.0 Å². The summed E-state index contributed by atoms with van der Waals surface area (Å²) in [6.07, 6.45) is 1.21. The fourth-order valence-corrected chi connectivity index (χ4v) is 3.96. The summed E-state index contributed by atoms with van der Waals surface area (Å²) >= 11 is 11.9. The van der Waals surface area contributed by atoms with Gasteiger partial charge >= 0.3 is 0 Å². The van der Waals surface area contributed by atoms with Crippen molar-refractivity contribution < 1.29 is 16.8 Å². The molecule has 128 valence electrons. The minimum atomic E-state index is -4.08. The van der Waals surface area contributed by atoms with Crippen LogP contribution < -0.4 is 9.86 Å². The monoisotopic (exact) mass is 406 g/mol. The normalized spacial score (nSPS) is 12.5. The van der Waals surface area contributed by atoms with Crippen molar-refractivity contribution >= 4 is 55.0 Å². The average molecular weight is 407 g/mol. The van der Waals surface area contributed by atoms with Gasteiger partial charge < -0.3 is 0 Å². The van der Waals surface area contributed by atoms with Gasteiger partial charge in [0.05, 0.1) is 11.1 Å². The second kappa shape index (κ2) is 7.12. The Labute approximate surface area is 150 Å². The number of halogens is 2. The molecule has 0 saturated heterocycles. The highest BCUT2D eigenvalue weighted by atomic mass is 35.5. The van der Waals surface area contributed by atoms with Crippen LogP contribution in [-0.2, 0) is 20.0 Å². The van der Waals surface area contributed by atoms with Crippen LogP contribution in [0.3, 0.4) is 0 Å². The maximum absolute atomic E-state index is 12.2. The van der Waals surface area contributed by atoms with Crippen molar-refractivity contribution in [3.8, 4) is 0 Å². The molecule has 6 nitrogen and oxygen atoms in total. The van der Waals surface area contributed by atoms with Crippen LogP contribution in [0.25, 0.3) is 6.08 Å². The Hall–Kier alpha value is -1.58. The smallest absolute Gasteiger partial charge is 0.255 e. The maximum atomic E-state index is 12.2. The van der Waals surface area contributed by atoms with Gasteiger partial charge in [0.1, 0.15) is 4.90 Å². The van der Waals surface area contributed by atoms with Gasteiger partial charge in [-0.05, 0) is 30.3 Å². The predicted molar refractivity (Wildman–Crippen MR) is 95.9 cm³/mol. The minimum absolute atomic E-state index is 0.157. The van der Waals surface area contributed by atoms with Crippen molar-refractivity contribution in [3.05, 3.63) is 63.5 Å². The van der Waals surface area contributed by atoms with Gasteiger partial charge in [-0.25, -0.2) is 22.0 Å². The van der Waals surface area contributed by atoms with Crippen LogP contribution in [0.15, 0.2) is 52.8 Å². The van der Waals surface area contributed by atoms with E-state index < -0.39 is 20.0 Å². The minimum Gasteiger partial charge on any atom is -0.279 e. The fraction of sp³-hybridized carbons (Fsp3) is 0. The van der Waals surface area contributed by atoms with Gasteiger partial charge in [-0.3, -0.25) is 4.72 Å². The Bertz CT molecular complexity index is 983. The van der Waals surface area contributed by atoms with E-state index in [2.05, 4.69) is 4.72 Å². The molecule has 0 amide bonds. The summed E-state index contributed by atoms with van der Waals surface area (Å²) in [6, 6.07) is 10.1. The standard InChI is InChI=1S/C14H12Cl2N2O4S2/c15-11-4-3-5-12(16)10(11)8-9-23(19,20)18-13-6-1-2-7-14(13)24(17,21)22/h1-9,18H,(H2,17,21,22). The zero-order valence-electron chi connectivity index (χ0n) is 12.0. The molecule has 0 saturated carbocycles. The van der Waals surface area contributed by atoms with E-state index in [9.17, 15) is 16.8 Å². The summed E-state index contributed by atoms with van der Waals surface area (Å²) in [5.74, 6) is 0. The first-order valence-electron chi connectivity index (χ1n) is 6.37. The summed E-state index contributed by atoms with van der Waals surface area (Å²) in [6.45, 7) is 0. The number of benzene rings is 2. The first kappa shape index (κ1) is 18.8. The Morgan fingerprint density at radius 2 is 1.50 bits per heavy atom. The molecule has 0 aromatic heterocycles. The van der Waals surface area contributed by atoms with Crippen LogP contribution in [0.2, 0.25) is 10.0 Å². The number of rotatable bonds is 5. The summed E-state index contributed by atoms with van der Waals surface area (Å²) < 4.78 is 49.4. The highest BCUT2D eigenvalue weighted by Crippen LogP contribution is 2.26. The van der Waals surface area contributed by atoms with Gasteiger partial charge in [-0.1, -0.05) is 41.4 Å². The molecular formula is C14H12Cl2N2O4S2. The van der Waals surface area contributed by atoms with E-state index in [1.165, 1.54) is 30.3 Å². The first-order chi connectivity index (χ1) is 11.1. The Morgan fingerprint density at radius 3 is 2.08 bits per heavy atom. The van der Waals surface area contributed by atoms with E-state index in [4.69, 9.17) is 28.3 Å². The lowest BCUT2D eigenvalue weighted by molar-refractivity contribution is 0.598. The van der Waals surface area contributed by atoms with Crippen molar-refractivity contribution in [2.45, 2.75) is 4.90 Å². The van der Waals surface area contributed by atoms with Crippen LogP contribution in [0.1, 0.15) is 5.56 Å². The van der Waals surface area contributed by atoms with Crippen molar-refractivity contribution in [3.63, 3.8) is 0 Å². The molecular weight excluding hydrogens is 395 g/mol. The topological polar surface area (TPSA) is 106 Å². The third kappa shape index (κ3) is 4.71. The van der Waals surface area contributed by atoms with Gasteiger partial charge in [-0.15, -0.1) is 0 Å². The van der Waals surface area contributed by atoms with Gasteiger partial charge in [0, 0.05) is 15.6 Å². The molecule has 0 aliphatic heterocycles. The molecule has 2 rings (SSSR count). The summed E-state index contributed by atoms with van der Waals surface area (Å²) in [5, 5.41) is 6.45. The van der Waals surface area contributed by atoms with E-state index in [1.54, 1.807) is 18.2 Å². The summed E-state index contributed by atoms with van der Waals surface area (Å²) in [4.78, 5) is -0.335. The maximum Gasteiger partial charge on any atom is 0.255 e. The highest BCUT2D eigenvalue weighted by Gasteiger charge is 2.16. The van der Waals surface area contributed by atoms with Crippen molar-refractivity contribution in [1.82, 2.24) is 0 Å². The van der Waals surface area contributed by atoms with Crippen LogP contribution in [0, 0.1) is 0 Å². The van der Waals surface area contributed by atoms with Crippen LogP contribution >= 0.6 is 23.2 Å². The molecule has 2 aromatic carbocycles. The Kier molecular flexibility index (Phi) is 5.56. The van der Waals surface area contributed by atoms with Crippen molar-refractivity contribution in [2.24, 2.45) is 5.14 Å². The number of nitrogens with two attached hydrogens (primary N) is 1. The Morgan fingerprint density at radius 1 is 0.917 bits per heavy atom. The number of para-hydroxylation sites is 1. The van der Waals surface area contributed by atoms with Gasteiger partial charge in [-0.2, -0.15) is 0 Å². The zero-order valence-corrected chi connectivity index (χ0v) is 15.1. The third-order valence-electron chi connectivity index (χ3n) is 2.86. The van der Waals surface area contributed by atoms with Gasteiger partial charge in [0.15, 0.2) is 0 Å². The number of sulfonamides is 2. The number of hydrogen-bond donors (Lipinski definition) is 2. The molecule has 2 aromatic rings. The number of hydrogen-bond acceptors (Lipinski definition) is 4. The van der Waals surface area contributed by atoms with E-state index >= 15 is 0 Å². The lowest BCUT2D eigenvalue weighted by atomic mass is 10.2.